The summed E-state index contributed by atoms with van der Waals surface area (Å²) in [6.07, 6.45) is 0. The summed E-state index contributed by atoms with van der Waals surface area (Å²) in [5.41, 5.74) is 2.39. The first kappa shape index (κ1) is 24.2. The Hall–Kier alpha value is -2.40. The third-order valence-electron chi connectivity index (χ3n) is 4.61. The number of benzene rings is 2. The molecule has 0 radical (unpaired) electrons. The number of amides is 1. The topological polar surface area (TPSA) is 102 Å². The van der Waals surface area contributed by atoms with Gasteiger partial charge in [-0.15, -0.1) is 0 Å². The van der Waals surface area contributed by atoms with Crippen molar-refractivity contribution < 1.29 is 17.9 Å². The van der Waals surface area contributed by atoms with Gasteiger partial charge >= 0.3 is 0 Å². The minimum absolute atomic E-state index is 0.151. The van der Waals surface area contributed by atoms with Crippen molar-refractivity contribution in [1.82, 2.24) is 14.3 Å². The summed E-state index contributed by atoms with van der Waals surface area (Å²) in [4.78, 5) is 17.6. The smallest absolute Gasteiger partial charge is 0.240 e. The van der Waals surface area contributed by atoms with Crippen LogP contribution in [-0.2, 0) is 26.1 Å². The van der Waals surface area contributed by atoms with Gasteiger partial charge in [0.15, 0.2) is 5.16 Å². The number of thioether (sulfide) groups is 1. The average molecular weight is 477 g/mol. The van der Waals surface area contributed by atoms with Gasteiger partial charge in [-0.1, -0.05) is 23.9 Å². The van der Waals surface area contributed by atoms with E-state index in [1.807, 2.05) is 31.2 Å². The van der Waals surface area contributed by atoms with E-state index >= 15 is 0 Å². The minimum Gasteiger partial charge on any atom is -0.383 e. The number of rotatable bonds is 10. The summed E-state index contributed by atoms with van der Waals surface area (Å²) >= 11 is 1.37. The molecule has 1 heterocycles. The molecule has 0 aliphatic rings. The maximum absolute atomic E-state index is 12.8. The van der Waals surface area contributed by atoms with Gasteiger partial charge in [-0.25, -0.2) is 18.1 Å². The molecule has 0 aliphatic heterocycles. The van der Waals surface area contributed by atoms with Crippen LogP contribution in [0.4, 0.5) is 5.69 Å². The summed E-state index contributed by atoms with van der Waals surface area (Å²) < 4.78 is 34.3. The van der Waals surface area contributed by atoms with Crippen LogP contribution in [0.3, 0.4) is 0 Å². The van der Waals surface area contributed by atoms with E-state index in [0.29, 0.717) is 18.8 Å². The molecule has 0 saturated carbocycles. The van der Waals surface area contributed by atoms with Crippen LogP contribution in [0.2, 0.25) is 0 Å². The second-order valence-corrected chi connectivity index (χ2v) is 10.6. The van der Waals surface area contributed by atoms with Gasteiger partial charge in [0.05, 0.1) is 27.8 Å². The van der Waals surface area contributed by atoms with Gasteiger partial charge in [0.25, 0.3) is 0 Å². The van der Waals surface area contributed by atoms with E-state index in [2.05, 4.69) is 19.6 Å². The predicted molar refractivity (Wildman–Crippen MR) is 127 cm³/mol. The van der Waals surface area contributed by atoms with Gasteiger partial charge in [-0.3, -0.25) is 4.79 Å². The highest BCUT2D eigenvalue weighted by Crippen LogP contribution is 2.28. The lowest BCUT2D eigenvalue weighted by Gasteiger charge is -2.14. The fourth-order valence-electron chi connectivity index (χ4n) is 3.09. The van der Waals surface area contributed by atoms with E-state index in [4.69, 9.17) is 4.74 Å². The zero-order chi connectivity index (χ0) is 23.3. The number of fused-ring (bicyclic) bond motifs is 1. The van der Waals surface area contributed by atoms with E-state index < -0.39 is 15.3 Å². The number of methoxy groups -OCH3 is 1. The summed E-state index contributed by atoms with van der Waals surface area (Å²) in [6.45, 7) is 6.50. The van der Waals surface area contributed by atoms with Crippen molar-refractivity contribution in [1.29, 1.82) is 0 Å². The van der Waals surface area contributed by atoms with Crippen LogP contribution in [0, 0.1) is 0 Å². The third-order valence-corrected chi connectivity index (χ3v) is 7.38. The number of nitrogens with zero attached hydrogens (tertiary/aromatic N) is 2. The first-order valence-corrected chi connectivity index (χ1v) is 12.6. The Morgan fingerprint density at radius 3 is 2.47 bits per heavy atom. The quantitative estimate of drug-likeness (QED) is 0.434. The van der Waals surface area contributed by atoms with Crippen LogP contribution in [0.1, 0.15) is 20.8 Å². The molecular weight excluding hydrogens is 448 g/mol. The van der Waals surface area contributed by atoms with Crippen LogP contribution in [0.5, 0.6) is 0 Å². The van der Waals surface area contributed by atoms with Crippen LogP contribution < -0.4 is 10.0 Å². The van der Waals surface area contributed by atoms with Crippen molar-refractivity contribution >= 4 is 44.4 Å². The molecule has 1 atom stereocenters. The average Bonchev–Trinajstić information content (AvgIpc) is 3.08. The second kappa shape index (κ2) is 10.5. The molecule has 2 aromatic carbocycles. The van der Waals surface area contributed by atoms with Crippen molar-refractivity contribution in [3.05, 3.63) is 48.5 Å². The lowest BCUT2D eigenvalue weighted by molar-refractivity contribution is -0.115. The van der Waals surface area contributed by atoms with E-state index in [0.717, 1.165) is 16.2 Å². The normalized spacial score (nSPS) is 12.9. The fraction of sp³-hybridized carbons (Fsp3) is 0.364. The van der Waals surface area contributed by atoms with Crippen LogP contribution in [-0.4, -0.2) is 48.9 Å². The Morgan fingerprint density at radius 1 is 1.12 bits per heavy atom. The lowest BCUT2D eigenvalue weighted by atomic mass is 10.3. The van der Waals surface area contributed by atoms with Crippen molar-refractivity contribution in [2.45, 2.75) is 48.7 Å². The SMILES string of the molecule is COCCn1c(SC(C)C(=O)Nc2ccc(S(=O)(=O)NC(C)C)cc2)nc2ccccc21. The number of carbonyl (C=O) groups is 1. The highest BCUT2D eigenvalue weighted by Gasteiger charge is 2.20. The van der Waals surface area contributed by atoms with Crippen molar-refractivity contribution in [3.8, 4) is 0 Å². The largest absolute Gasteiger partial charge is 0.383 e. The number of carbonyl (C=O) groups excluding carboxylic acids is 1. The number of imidazole rings is 1. The molecule has 32 heavy (non-hydrogen) atoms. The molecule has 0 saturated heterocycles. The second-order valence-electron chi connectivity index (χ2n) is 7.58. The standard InChI is InChI=1S/C22H28N4O4S2/c1-15(2)25-32(28,29)18-11-9-17(10-12-18)23-21(27)16(3)31-22-24-19-7-5-6-8-20(19)26(22)13-14-30-4/h5-12,15-16,25H,13-14H2,1-4H3,(H,23,27). The van der Waals surface area contributed by atoms with E-state index in [1.165, 1.54) is 23.9 Å². The molecular formula is C22H28N4O4S2. The summed E-state index contributed by atoms with van der Waals surface area (Å²) in [6, 6.07) is 13.7. The molecule has 0 spiro atoms. The van der Waals surface area contributed by atoms with Crippen LogP contribution in [0.25, 0.3) is 11.0 Å². The third kappa shape index (κ3) is 5.89. The summed E-state index contributed by atoms with van der Waals surface area (Å²) in [7, 11) is -1.92. The monoisotopic (exact) mass is 476 g/mol. The van der Waals surface area contributed by atoms with E-state index in [-0.39, 0.29) is 16.8 Å². The van der Waals surface area contributed by atoms with Crippen molar-refractivity contribution in [2.75, 3.05) is 19.0 Å². The lowest BCUT2D eigenvalue weighted by Crippen LogP contribution is -2.30. The molecule has 1 unspecified atom stereocenters. The molecule has 1 aromatic heterocycles. The van der Waals surface area contributed by atoms with Crippen molar-refractivity contribution in [3.63, 3.8) is 0 Å². The van der Waals surface area contributed by atoms with Gasteiger partial charge in [0.2, 0.25) is 15.9 Å². The van der Waals surface area contributed by atoms with Crippen molar-refractivity contribution in [2.24, 2.45) is 0 Å². The Labute approximate surface area is 192 Å². The van der Waals surface area contributed by atoms with Crippen LogP contribution in [0.15, 0.2) is 58.6 Å². The minimum atomic E-state index is -3.58. The Kier molecular flexibility index (Phi) is 7.94. The zero-order valence-electron chi connectivity index (χ0n) is 18.5. The van der Waals surface area contributed by atoms with E-state index in [9.17, 15) is 13.2 Å². The number of para-hydroxylation sites is 2. The number of ether oxygens (including phenoxy) is 1. The highest BCUT2D eigenvalue weighted by molar-refractivity contribution is 8.00. The molecule has 3 rings (SSSR count). The van der Waals surface area contributed by atoms with Gasteiger partial charge in [0, 0.05) is 25.4 Å². The molecule has 0 fully saturated rings. The molecule has 0 bridgehead atoms. The number of aromatic nitrogens is 2. The van der Waals surface area contributed by atoms with Crippen LogP contribution >= 0.6 is 11.8 Å². The maximum atomic E-state index is 12.8. The molecule has 172 valence electrons. The Bertz CT molecular complexity index is 1170. The van der Waals surface area contributed by atoms with Gasteiger partial charge in [-0.2, -0.15) is 0 Å². The van der Waals surface area contributed by atoms with Gasteiger partial charge in [-0.05, 0) is 57.2 Å². The molecule has 8 nitrogen and oxygen atoms in total. The molecule has 3 aromatic rings. The Balaban J connectivity index is 1.70. The molecule has 0 aliphatic carbocycles. The first-order valence-electron chi connectivity index (χ1n) is 10.3. The van der Waals surface area contributed by atoms with Gasteiger partial charge < -0.3 is 14.6 Å². The number of hydrogen-bond donors (Lipinski definition) is 2. The molecule has 10 heteroatoms. The fourth-order valence-corrected chi connectivity index (χ4v) is 5.29. The number of anilines is 1. The number of nitrogens with one attached hydrogen (secondary N) is 2. The van der Waals surface area contributed by atoms with E-state index in [1.54, 1.807) is 33.1 Å². The Morgan fingerprint density at radius 2 is 1.81 bits per heavy atom. The maximum Gasteiger partial charge on any atom is 0.240 e. The predicted octanol–water partition coefficient (Wildman–Crippen LogP) is 3.49. The highest BCUT2D eigenvalue weighted by atomic mass is 32.2. The first-order chi connectivity index (χ1) is 15.2. The zero-order valence-corrected chi connectivity index (χ0v) is 20.2. The molecule has 2 N–H and O–H groups in total. The number of hydrogen-bond acceptors (Lipinski definition) is 6. The summed E-state index contributed by atoms with van der Waals surface area (Å²) in [5, 5.41) is 3.17. The van der Waals surface area contributed by atoms with Gasteiger partial charge in [0.1, 0.15) is 0 Å². The summed E-state index contributed by atoms with van der Waals surface area (Å²) in [5.74, 6) is -0.198. The number of sulfonamides is 1. The molecule has 1 amide bonds.